The topological polar surface area (TPSA) is 65.1 Å². The van der Waals surface area contributed by atoms with Crippen LogP contribution in [0, 0.1) is 5.82 Å². The van der Waals surface area contributed by atoms with E-state index in [-0.39, 0.29) is 29.7 Å². The Balaban J connectivity index is 1.43. The van der Waals surface area contributed by atoms with Crippen LogP contribution in [0.2, 0.25) is 0 Å². The number of rotatable bonds is 7. The number of halogens is 1. The summed E-state index contributed by atoms with van der Waals surface area (Å²) in [6, 6.07) is 26.4. The molecule has 7 heteroatoms. The Morgan fingerprint density at radius 1 is 1.00 bits per heavy atom. The summed E-state index contributed by atoms with van der Waals surface area (Å²) in [5.74, 6) is -0.738. The predicted octanol–water partition coefficient (Wildman–Crippen LogP) is 8.44. The van der Waals surface area contributed by atoms with Crippen molar-refractivity contribution in [3.63, 3.8) is 0 Å². The van der Waals surface area contributed by atoms with Crippen molar-refractivity contribution in [3.8, 4) is 5.75 Å². The van der Waals surface area contributed by atoms with Crippen LogP contribution in [0.4, 0.5) is 9.18 Å². The van der Waals surface area contributed by atoms with E-state index in [1.165, 1.54) is 13.2 Å². The summed E-state index contributed by atoms with van der Waals surface area (Å²) in [5.41, 5.74) is 2.06. The molecule has 4 aromatic rings. The van der Waals surface area contributed by atoms with E-state index in [1.807, 2.05) is 70.2 Å². The third-order valence-electron chi connectivity index (χ3n) is 7.95. The summed E-state index contributed by atoms with van der Waals surface area (Å²) in [6.07, 6.45) is 0.510. The largest absolute Gasteiger partial charge is 0.490 e. The molecule has 5 rings (SSSR count). The van der Waals surface area contributed by atoms with E-state index in [9.17, 15) is 14.0 Å². The highest BCUT2D eigenvalue weighted by molar-refractivity contribution is 5.90. The van der Waals surface area contributed by atoms with Crippen molar-refractivity contribution in [2.75, 3.05) is 13.7 Å². The molecule has 1 aliphatic rings. The van der Waals surface area contributed by atoms with Crippen molar-refractivity contribution in [1.29, 1.82) is 0 Å². The molecule has 1 aliphatic heterocycles. The second-order valence-corrected chi connectivity index (χ2v) is 12.0. The minimum atomic E-state index is -0.716. The number of ether oxygens (including phenoxy) is 3. The molecule has 3 atom stereocenters. The lowest BCUT2D eigenvalue weighted by atomic mass is 9.83. The second kappa shape index (κ2) is 12.5. The minimum absolute atomic E-state index is 0.0967. The molecule has 0 fully saturated rings. The number of hydrogen-bond donors (Lipinski definition) is 0. The van der Waals surface area contributed by atoms with Crippen molar-refractivity contribution in [2.45, 2.75) is 64.2 Å². The van der Waals surface area contributed by atoms with Crippen LogP contribution in [0.15, 0.2) is 84.9 Å². The molecule has 0 saturated heterocycles. The zero-order valence-electron chi connectivity index (χ0n) is 25.3. The smallest absolute Gasteiger partial charge is 0.410 e. The fraction of sp³-hybridized carbons (Fsp3) is 0.333. The summed E-state index contributed by atoms with van der Waals surface area (Å²) in [6.45, 7) is 8.02. The van der Waals surface area contributed by atoms with Gasteiger partial charge >= 0.3 is 12.1 Å². The highest BCUT2D eigenvalue weighted by Crippen LogP contribution is 2.42. The fourth-order valence-corrected chi connectivity index (χ4v) is 5.84. The van der Waals surface area contributed by atoms with Crippen molar-refractivity contribution in [3.05, 3.63) is 113 Å². The third-order valence-corrected chi connectivity index (χ3v) is 7.95. The molecular formula is C36H38FNO5. The van der Waals surface area contributed by atoms with Crippen molar-refractivity contribution >= 4 is 22.8 Å². The Labute approximate surface area is 252 Å². The summed E-state index contributed by atoms with van der Waals surface area (Å²) in [4.78, 5) is 27.6. The summed E-state index contributed by atoms with van der Waals surface area (Å²) < 4.78 is 31.6. The molecule has 4 aromatic carbocycles. The Kier molecular flexibility index (Phi) is 8.71. The van der Waals surface area contributed by atoms with Crippen LogP contribution in [-0.4, -0.2) is 42.3 Å². The third kappa shape index (κ3) is 6.66. The summed E-state index contributed by atoms with van der Waals surface area (Å²) >= 11 is 0. The molecule has 0 aliphatic carbocycles. The number of methoxy groups -OCH3 is 1. The number of para-hydroxylation sites is 1. The van der Waals surface area contributed by atoms with E-state index in [2.05, 4.69) is 24.3 Å². The Hall–Kier alpha value is -4.39. The molecule has 1 amide bonds. The number of fused-ring (bicyclic) bond motifs is 2. The van der Waals surface area contributed by atoms with Crippen LogP contribution in [-0.2, 0) is 9.47 Å². The molecule has 6 nitrogen and oxygen atoms in total. The molecule has 0 bridgehead atoms. The average molecular weight is 584 g/mol. The van der Waals surface area contributed by atoms with Gasteiger partial charge in [-0.05, 0) is 74.2 Å². The van der Waals surface area contributed by atoms with Gasteiger partial charge in [-0.15, -0.1) is 0 Å². The van der Waals surface area contributed by atoms with Gasteiger partial charge < -0.3 is 19.1 Å². The molecule has 43 heavy (non-hydrogen) atoms. The number of benzene rings is 4. The number of hydrogen-bond acceptors (Lipinski definition) is 5. The molecule has 0 aromatic heterocycles. The SMILES string of the molecule is COC(=O)c1cc(C2C[C@H](CCN(C(=O)OC(C)(C)C)[C@H](C)c3cccc4ccccc34)Oc3ccccc32)ccc1F. The Morgan fingerprint density at radius 3 is 2.49 bits per heavy atom. The number of carbonyl (C=O) groups is 2. The first-order valence-corrected chi connectivity index (χ1v) is 14.7. The van der Waals surface area contributed by atoms with Gasteiger partial charge in [0.25, 0.3) is 0 Å². The van der Waals surface area contributed by atoms with Crippen molar-refractivity contribution in [1.82, 2.24) is 4.90 Å². The number of nitrogens with zero attached hydrogens (tertiary/aromatic N) is 1. The second-order valence-electron chi connectivity index (χ2n) is 12.0. The number of carbonyl (C=O) groups excluding carboxylic acids is 2. The Morgan fingerprint density at radius 2 is 1.72 bits per heavy atom. The maximum absolute atomic E-state index is 14.5. The molecular weight excluding hydrogens is 545 g/mol. The van der Waals surface area contributed by atoms with Gasteiger partial charge in [-0.2, -0.15) is 0 Å². The molecule has 0 spiro atoms. The zero-order chi connectivity index (χ0) is 30.7. The van der Waals surface area contributed by atoms with Crippen LogP contribution < -0.4 is 4.74 Å². The van der Waals surface area contributed by atoms with Crippen LogP contribution >= 0.6 is 0 Å². The fourth-order valence-electron chi connectivity index (χ4n) is 5.84. The molecule has 0 N–H and O–H groups in total. The van der Waals surface area contributed by atoms with E-state index in [0.29, 0.717) is 19.4 Å². The van der Waals surface area contributed by atoms with E-state index in [1.54, 1.807) is 17.0 Å². The molecule has 1 unspecified atom stereocenters. The highest BCUT2D eigenvalue weighted by Gasteiger charge is 2.33. The monoisotopic (exact) mass is 583 g/mol. The van der Waals surface area contributed by atoms with Crippen LogP contribution in [0.1, 0.15) is 79.5 Å². The normalized spacial score (nSPS) is 17.0. The van der Waals surface area contributed by atoms with Gasteiger partial charge in [0.1, 0.15) is 23.3 Å². The van der Waals surface area contributed by atoms with Crippen LogP contribution in [0.5, 0.6) is 5.75 Å². The first kappa shape index (κ1) is 30.1. The first-order valence-electron chi connectivity index (χ1n) is 14.7. The van der Waals surface area contributed by atoms with Gasteiger partial charge in [-0.3, -0.25) is 0 Å². The quantitative estimate of drug-likeness (QED) is 0.204. The predicted molar refractivity (Wildman–Crippen MR) is 165 cm³/mol. The number of esters is 1. The average Bonchev–Trinajstić information content (AvgIpc) is 2.99. The lowest BCUT2D eigenvalue weighted by Gasteiger charge is -2.36. The van der Waals surface area contributed by atoms with Gasteiger partial charge in [0.05, 0.1) is 18.7 Å². The lowest BCUT2D eigenvalue weighted by molar-refractivity contribution is 0.0141. The van der Waals surface area contributed by atoms with Crippen LogP contribution in [0.3, 0.4) is 0 Å². The zero-order valence-corrected chi connectivity index (χ0v) is 25.3. The van der Waals surface area contributed by atoms with Crippen molar-refractivity contribution < 1.29 is 28.2 Å². The van der Waals surface area contributed by atoms with Gasteiger partial charge in [0, 0.05) is 24.4 Å². The summed E-state index contributed by atoms with van der Waals surface area (Å²) in [7, 11) is 1.24. The molecule has 224 valence electrons. The summed E-state index contributed by atoms with van der Waals surface area (Å²) in [5, 5.41) is 2.20. The minimum Gasteiger partial charge on any atom is -0.490 e. The van der Waals surface area contributed by atoms with Gasteiger partial charge in [0.2, 0.25) is 0 Å². The maximum Gasteiger partial charge on any atom is 0.410 e. The van der Waals surface area contributed by atoms with E-state index >= 15 is 0 Å². The highest BCUT2D eigenvalue weighted by atomic mass is 19.1. The van der Waals surface area contributed by atoms with E-state index in [4.69, 9.17) is 14.2 Å². The standard InChI is InChI=1S/C36H38FNO5/c1-23(27-15-10-12-24-11-6-7-13-28(24)27)38(35(40)43-36(2,3)4)20-19-26-22-30(29-14-8-9-16-33(29)42-26)25-17-18-32(37)31(21-25)34(39)41-5/h6-18,21,23,26,30H,19-20,22H2,1-5H3/t23-,26+,30?/m1/s1. The molecule has 1 heterocycles. The van der Waals surface area contributed by atoms with E-state index in [0.717, 1.165) is 33.2 Å². The Bertz CT molecular complexity index is 1620. The number of amides is 1. The van der Waals surface area contributed by atoms with Gasteiger partial charge in [-0.25, -0.2) is 14.0 Å². The molecule has 0 radical (unpaired) electrons. The van der Waals surface area contributed by atoms with Gasteiger partial charge in [-0.1, -0.05) is 66.7 Å². The lowest BCUT2D eigenvalue weighted by Crippen LogP contribution is -2.41. The maximum atomic E-state index is 14.5. The first-order chi connectivity index (χ1) is 20.6. The van der Waals surface area contributed by atoms with Crippen LogP contribution in [0.25, 0.3) is 10.8 Å². The van der Waals surface area contributed by atoms with E-state index < -0.39 is 17.4 Å². The van der Waals surface area contributed by atoms with Gasteiger partial charge in [0.15, 0.2) is 0 Å². The van der Waals surface area contributed by atoms with Crippen molar-refractivity contribution in [2.24, 2.45) is 0 Å². The molecule has 0 saturated carbocycles.